The molecule has 1 aromatic rings. The second-order valence-corrected chi connectivity index (χ2v) is 10.7. The summed E-state index contributed by atoms with van der Waals surface area (Å²) < 4.78 is 11.6. The summed E-state index contributed by atoms with van der Waals surface area (Å²) >= 11 is 0. The number of carbonyl (C=O) groups is 1. The molecule has 2 rings (SSSR count). The van der Waals surface area contributed by atoms with Crippen molar-refractivity contribution in [2.75, 3.05) is 6.61 Å². The summed E-state index contributed by atoms with van der Waals surface area (Å²) in [6.07, 6.45) is -0.359. The minimum atomic E-state index is -1.62. The van der Waals surface area contributed by atoms with Gasteiger partial charge in [-0.1, -0.05) is 51.1 Å². The second kappa shape index (κ2) is 5.81. The molecule has 1 N–H and O–H groups in total. The molecule has 0 saturated carbocycles. The minimum absolute atomic E-state index is 0.105. The molecule has 5 heteroatoms. The number of alkyl carbamates (subject to hydrolysis) is 1. The van der Waals surface area contributed by atoms with Crippen LogP contribution in [0.25, 0.3) is 0 Å². The van der Waals surface area contributed by atoms with Gasteiger partial charge in [0, 0.05) is 0 Å². The van der Waals surface area contributed by atoms with Gasteiger partial charge in [-0.2, -0.15) is 0 Å². The van der Waals surface area contributed by atoms with Gasteiger partial charge in [0.15, 0.2) is 0 Å². The fraction of sp³-hybridized carbons (Fsp3) is 0.562. The van der Waals surface area contributed by atoms with Crippen molar-refractivity contribution < 1.29 is 14.0 Å². The van der Waals surface area contributed by atoms with Crippen molar-refractivity contribution in [1.82, 2.24) is 5.32 Å². The number of benzene rings is 1. The van der Waals surface area contributed by atoms with Crippen molar-refractivity contribution >= 4 is 20.3 Å². The molecule has 0 aromatic heterocycles. The second-order valence-electron chi connectivity index (χ2n) is 7.18. The molecule has 1 aliphatic heterocycles. The molecule has 0 aliphatic carbocycles. The molecule has 2 atom stereocenters. The molecule has 0 radical (unpaired) electrons. The zero-order chi connectivity index (χ0) is 15.7. The molecule has 1 fully saturated rings. The van der Waals surface area contributed by atoms with Gasteiger partial charge >= 0.3 is 6.09 Å². The smallest absolute Gasteiger partial charge is 0.408 e. The Morgan fingerprint density at radius 2 is 1.90 bits per heavy atom. The highest BCUT2D eigenvalue weighted by molar-refractivity contribution is 6.70. The van der Waals surface area contributed by atoms with Crippen molar-refractivity contribution in [1.29, 1.82) is 0 Å². The summed E-state index contributed by atoms with van der Waals surface area (Å²) in [4.78, 5) is 11.4. The Labute approximate surface area is 128 Å². The predicted molar refractivity (Wildman–Crippen MR) is 86.4 cm³/mol. The Balaban J connectivity index is 2.09. The average Bonchev–Trinajstić information content (AvgIpc) is 2.62. The summed E-state index contributed by atoms with van der Waals surface area (Å²) in [6.45, 7) is 11.0. The summed E-state index contributed by atoms with van der Waals surface area (Å²) in [7, 11) is -1.62. The first-order valence-corrected chi connectivity index (χ1v) is 8.99. The fourth-order valence-corrected chi connectivity index (χ4v) is 5.21. The van der Waals surface area contributed by atoms with Crippen molar-refractivity contribution in [2.24, 2.45) is 0 Å². The van der Waals surface area contributed by atoms with E-state index >= 15 is 0 Å². The van der Waals surface area contributed by atoms with Gasteiger partial charge in [-0.3, -0.25) is 0 Å². The third-order valence-electron chi connectivity index (χ3n) is 3.81. The van der Waals surface area contributed by atoms with Crippen LogP contribution in [0.3, 0.4) is 0 Å². The zero-order valence-corrected chi connectivity index (χ0v) is 14.6. The van der Waals surface area contributed by atoms with Gasteiger partial charge in [0.25, 0.3) is 0 Å². The molecule has 21 heavy (non-hydrogen) atoms. The van der Waals surface area contributed by atoms with Crippen LogP contribution in [-0.4, -0.2) is 33.4 Å². The van der Waals surface area contributed by atoms with E-state index in [9.17, 15) is 4.79 Å². The van der Waals surface area contributed by atoms with Crippen molar-refractivity contribution in [3.63, 3.8) is 0 Å². The maximum Gasteiger partial charge on any atom is 0.408 e. The summed E-state index contributed by atoms with van der Waals surface area (Å²) in [5.41, 5.74) is -0.523. The Hall–Kier alpha value is -1.33. The van der Waals surface area contributed by atoms with E-state index in [1.165, 1.54) is 5.19 Å². The average molecular weight is 307 g/mol. The van der Waals surface area contributed by atoms with Crippen LogP contribution < -0.4 is 10.5 Å². The third-order valence-corrected chi connectivity index (χ3v) is 6.89. The SMILES string of the molecule is CC1(C)OC(=O)NC1CO[SiH](c1ccccc1)C(C)(C)C. The summed E-state index contributed by atoms with van der Waals surface area (Å²) in [5.74, 6) is 0. The molecule has 1 saturated heterocycles. The number of cyclic esters (lactones) is 1. The molecule has 1 amide bonds. The lowest BCUT2D eigenvalue weighted by Gasteiger charge is -2.32. The minimum Gasteiger partial charge on any atom is -0.441 e. The number of ether oxygens (including phenoxy) is 1. The van der Waals surface area contributed by atoms with Gasteiger partial charge in [0.2, 0.25) is 9.04 Å². The van der Waals surface area contributed by atoms with E-state index in [0.29, 0.717) is 6.61 Å². The molecular weight excluding hydrogens is 282 g/mol. The zero-order valence-electron chi connectivity index (χ0n) is 13.5. The molecule has 0 bridgehead atoms. The van der Waals surface area contributed by atoms with Gasteiger partial charge in [0.1, 0.15) is 5.60 Å². The van der Waals surface area contributed by atoms with Crippen LogP contribution >= 0.6 is 0 Å². The van der Waals surface area contributed by atoms with E-state index in [-0.39, 0.29) is 17.2 Å². The highest BCUT2D eigenvalue weighted by Gasteiger charge is 2.42. The van der Waals surface area contributed by atoms with E-state index < -0.39 is 14.6 Å². The summed E-state index contributed by atoms with van der Waals surface area (Å²) in [6, 6.07) is 10.3. The van der Waals surface area contributed by atoms with Crippen LogP contribution in [0.2, 0.25) is 5.04 Å². The number of rotatable bonds is 4. The van der Waals surface area contributed by atoms with Gasteiger partial charge in [-0.05, 0) is 24.1 Å². The quantitative estimate of drug-likeness (QED) is 0.869. The first kappa shape index (κ1) is 16.0. The van der Waals surface area contributed by atoms with Crippen LogP contribution in [0.15, 0.2) is 30.3 Å². The number of amides is 1. The van der Waals surface area contributed by atoms with Gasteiger partial charge in [0.05, 0.1) is 12.6 Å². The van der Waals surface area contributed by atoms with Crippen molar-refractivity contribution in [3.8, 4) is 0 Å². The van der Waals surface area contributed by atoms with Crippen LogP contribution in [0, 0.1) is 0 Å². The van der Waals surface area contributed by atoms with Crippen LogP contribution in [-0.2, 0) is 9.16 Å². The molecule has 4 nitrogen and oxygen atoms in total. The Bertz CT molecular complexity index is 496. The number of nitrogens with one attached hydrogen (secondary N) is 1. The molecule has 116 valence electrons. The number of carbonyl (C=O) groups excluding carboxylic acids is 1. The molecule has 0 spiro atoms. The van der Waals surface area contributed by atoms with Gasteiger partial charge < -0.3 is 14.5 Å². The molecule has 1 heterocycles. The molecule has 1 aliphatic rings. The van der Waals surface area contributed by atoms with Crippen molar-refractivity contribution in [2.45, 2.75) is 51.3 Å². The molecule has 1 aromatic carbocycles. The highest BCUT2D eigenvalue weighted by Crippen LogP contribution is 2.29. The standard InChI is InChI=1S/C16H25NO3Si/c1-15(2,3)21(12-9-7-6-8-10-12)19-11-13-16(4,5)20-14(18)17-13/h6-10,13,21H,11H2,1-5H3,(H,17,18). The van der Waals surface area contributed by atoms with Crippen LogP contribution in [0.1, 0.15) is 34.6 Å². The summed E-state index contributed by atoms with van der Waals surface area (Å²) in [5, 5.41) is 4.23. The third kappa shape index (κ3) is 3.86. The lowest BCUT2D eigenvalue weighted by molar-refractivity contribution is 0.0562. The van der Waals surface area contributed by atoms with E-state index in [4.69, 9.17) is 9.16 Å². The predicted octanol–water partition coefficient (Wildman–Crippen LogP) is 2.32. The maximum absolute atomic E-state index is 11.4. The highest BCUT2D eigenvalue weighted by atomic mass is 28.3. The van der Waals surface area contributed by atoms with Gasteiger partial charge in [-0.25, -0.2) is 4.79 Å². The number of hydrogen-bond donors (Lipinski definition) is 1. The number of hydrogen-bond acceptors (Lipinski definition) is 3. The van der Waals surface area contributed by atoms with E-state index in [2.05, 4.69) is 50.4 Å². The largest absolute Gasteiger partial charge is 0.441 e. The van der Waals surface area contributed by atoms with Crippen LogP contribution in [0.5, 0.6) is 0 Å². The first-order valence-electron chi connectivity index (χ1n) is 7.36. The maximum atomic E-state index is 11.4. The van der Waals surface area contributed by atoms with Crippen molar-refractivity contribution in [3.05, 3.63) is 30.3 Å². The lowest BCUT2D eigenvalue weighted by Crippen LogP contribution is -2.48. The Morgan fingerprint density at radius 1 is 1.29 bits per heavy atom. The van der Waals surface area contributed by atoms with Crippen LogP contribution in [0.4, 0.5) is 4.79 Å². The van der Waals surface area contributed by atoms with Gasteiger partial charge in [-0.15, -0.1) is 0 Å². The van der Waals surface area contributed by atoms with E-state index in [0.717, 1.165) is 0 Å². The molecular formula is C16H25NO3Si. The topological polar surface area (TPSA) is 47.6 Å². The Kier molecular flexibility index (Phi) is 4.44. The first-order chi connectivity index (χ1) is 9.70. The normalized spacial score (nSPS) is 22.5. The fourth-order valence-electron chi connectivity index (χ4n) is 2.56. The van der Waals surface area contributed by atoms with E-state index in [1.54, 1.807) is 0 Å². The van der Waals surface area contributed by atoms with E-state index in [1.807, 2.05) is 19.9 Å². The molecule has 2 unspecified atom stereocenters. The lowest BCUT2D eigenvalue weighted by atomic mass is 10.0. The monoisotopic (exact) mass is 307 g/mol. The Morgan fingerprint density at radius 3 is 2.38 bits per heavy atom.